The molecule has 1 fully saturated rings. The molecule has 0 bridgehead atoms. The van der Waals surface area contributed by atoms with Crippen LogP contribution in [0.5, 0.6) is 0 Å². The Morgan fingerprint density at radius 1 is 1.38 bits per heavy atom. The van der Waals surface area contributed by atoms with Gasteiger partial charge in [0.1, 0.15) is 11.9 Å². The third kappa shape index (κ3) is 3.19. The smallest absolute Gasteiger partial charge is 0.340 e. The number of aromatic nitrogens is 3. The van der Waals surface area contributed by atoms with Crippen LogP contribution in [-0.4, -0.2) is 45.7 Å². The van der Waals surface area contributed by atoms with Crippen LogP contribution in [-0.2, 0) is 16.0 Å². The molecule has 1 saturated heterocycles. The van der Waals surface area contributed by atoms with Gasteiger partial charge in [-0.3, -0.25) is 9.78 Å². The van der Waals surface area contributed by atoms with Crippen LogP contribution in [0.15, 0.2) is 35.1 Å². The van der Waals surface area contributed by atoms with Crippen molar-refractivity contribution in [2.24, 2.45) is 0 Å². The minimum absolute atomic E-state index is 0.0676. The zero-order valence-electron chi connectivity index (χ0n) is 11.4. The first-order valence-electron chi connectivity index (χ1n) is 6.80. The summed E-state index contributed by atoms with van der Waals surface area (Å²) >= 11 is 0. The molecule has 0 spiro atoms. The van der Waals surface area contributed by atoms with E-state index in [-0.39, 0.29) is 18.4 Å². The van der Waals surface area contributed by atoms with Gasteiger partial charge in [0.2, 0.25) is 5.91 Å². The maximum absolute atomic E-state index is 12.2. The Morgan fingerprint density at radius 2 is 2.19 bits per heavy atom. The van der Waals surface area contributed by atoms with Gasteiger partial charge in [0, 0.05) is 6.54 Å². The fraction of sp³-hybridized carbons (Fsp3) is 0.357. The molecule has 0 unspecified atom stereocenters. The first kappa shape index (κ1) is 13.6. The van der Waals surface area contributed by atoms with Crippen molar-refractivity contribution >= 4 is 5.91 Å². The molecule has 0 aliphatic carbocycles. The number of nitrogens with one attached hydrogen (secondary N) is 2. The number of carbonyl (C=O) groups is 1. The number of hydrogen-bond donors (Lipinski definition) is 2. The Balaban J connectivity index is 1.65. The van der Waals surface area contributed by atoms with Gasteiger partial charge < -0.3 is 9.64 Å². The number of carbonyl (C=O) groups excluding carboxylic acids is 1. The Morgan fingerprint density at radius 3 is 2.90 bits per heavy atom. The normalized spacial score (nSPS) is 18.7. The highest BCUT2D eigenvalue weighted by Crippen LogP contribution is 2.22. The van der Waals surface area contributed by atoms with Crippen molar-refractivity contribution < 1.29 is 9.53 Å². The molecule has 110 valence electrons. The lowest BCUT2D eigenvalue weighted by Crippen LogP contribution is -2.43. The topological polar surface area (TPSA) is 91.1 Å². The number of rotatable bonds is 3. The van der Waals surface area contributed by atoms with Gasteiger partial charge in [-0.15, -0.1) is 0 Å². The summed E-state index contributed by atoms with van der Waals surface area (Å²) in [7, 11) is 0. The molecule has 1 aliphatic heterocycles. The summed E-state index contributed by atoms with van der Waals surface area (Å²) in [5.74, 6) is 0.287. The SMILES string of the molecule is O=C(Cc1n[nH]c(=O)[nH]1)N1CCO[C@H](c2ccccc2)C1. The summed E-state index contributed by atoms with van der Waals surface area (Å²) < 4.78 is 5.73. The Hall–Kier alpha value is -2.41. The van der Waals surface area contributed by atoms with Crippen LogP contribution in [0, 0.1) is 0 Å². The van der Waals surface area contributed by atoms with Crippen LogP contribution in [0.4, 0.5) is 0 Å². The van der Waals surface area contributed by atoms with Crippen molar-refractivity contribution in [2.45, 2.75) is 12.5 Å². The highest BCUT2D eigenvalue weighted by atomic mass is 16.5. The molecule has 3 rings (SSSR count). The second-order valence-corrected chi connectivity index (χ2v) is 4.91. The van der Waals surface area contributed by atoms with E-state index in [9.17, 15) is 9.59 Å². The minimum atomic E-state index is -0.401. The number of aromatic amines is 2. The van der Waals surface area contributed by atoms with Crippen LogP contribution >= 0.6 is 0 Å². The number of H-pyrrole nitrogens is 2. The summed E-state index contributed by atoms with van der Waals surface area (Å²) in [4.78, 5) is 27.4. The van der Waals surface area contributed by atoms with Crippen LogP contribution in [0.25, 0.3) is 0 Å². The molecule has 2 N–H and O–H groups in total. The molecular formula is C14H16N4O3. The molecule has 7 heteroatoms. The van der Waals surface area contributed by atoms with Crippen molar-refractivity contribution in [1.29, 1.82) is 0 Å². The van der Waals surface area contributed by atoms with Gasteiger partial charge in [0.15, 0.2) is 0 Å². The zero-order valence-corrected chi connectivity index (χ0v) is 11.4. The van der Waals surface area contributed by atoms with E-state index >= 15 is 0 Å². The third-order valence-corrected chi connectivity index (χ3v) is 3.46. The van der Waals surface area contributed by atoms with E-state index in [4.69, 9.17) is 4.74 Å². The first-order valence-corrected chi connectivity index (χ1v) is 6.80. The molecular weight excluding hydrogens is 272 g/mol. The van der Waals surface area contributed by atoms with E-state index in [2.05, 4.69) is 15.2 Å². The Kier molecular flexibility index (Phi) is 3.83. The van der Waals surface area contributed by atoms with Gasteiger partial charge in [-0.2, -0.15) is 5.10 Å². The van der Waals surface area contributed by atoms with Crippen molar-refractivity contribution in [3.8, 4) is 0 Å². The van der Waals surface area contributed by atoms with Crippen LogP contribution < -0.4 is 5.69 Å². The minimum Gasteiger partial charge on any atom is -0.370 e. The van der Waals surface area contributed by atoms with Crippen LogP contribution in [0.3, 0.4) is 0 Å². The predicted molar refractivity (Wildman–Crippen MR) is 74.6 cm³/mol. The lowest BCUT2D eigenvalue weighted by Gasteiger charge is -2.33. The molecule has 0 radical (unpaired) electrons. The molecule has 1 aromatic heterocycles. The summed E-state index contributed by atoms with van der Waals surface area (Å²) in [6, 6.07) is 9.83. The van der Waals surface area contributed by atoms with Gasteiger partial charge in [-0.1, -0.05) is 30.3 Å². The van der Waals surface area contributed by atoms with Gasteiger partial charge in [-0.05, 0) is 5.56 Å². The Labute approximate surface area is 120 Å². The average molecular weight is 288 g/mol. The van der Waals surface area contributed by atoms with E-state index in [1.807, 2.05) is 30.3 Å². The quantitative estimate of drug-likeness (QED) is 0.846. The number of hydrogen-bond acceptors (Lipinski definition) is 4. The van der Waals surface area contributed by atoms with Gasteiger partial charge >= 0.3 is 5.69 Å². The van der Waals surface area contributed by atoms with Gasteiger partial charge in [0.25, 0.3) is 0 Å². The number of nitrogens with zero attached hydrogens (tertiary/aromatic N) is 2. The van der Waals surface area contributed by atoms with E-state index in [0.717, 1.165) is 5.56 Å². The molecule has 2 aromatic rings. The van der Waals surface area contributed by atoms with Gasteiger partial charge in [0.05, 0.1) is 19.6 Å². The predicted octanol–water partition coefficient (Wildman–Crippen LogP) is 0.241. The molecule has 1 aliphatic rings. The Bertz CT molecular complexity index is 664. The fourth-order valence-corrected chi connectivity index (χ4v) is 2.39. The fourth-order valence-electron chi connectivity index (χ4n) is 2.39. The van der Waals surface area contributed by atoms with Crippen molar-refractivity contribution in [2.75, 3.05) is 19.7 Å². The molecule has 1 amide bonds. The molecule has 7 nitrogen and oxygen atoms in total. The zero-order chi connectivity index (χ0) is 14.7. The van der Waals surface area contributed by atoms with E-state index in [0.29, 0.717) is 25.5 Å². The van der Waals surface area contributed by atoms with Crippen molar-refractivity contribution in [3.63, 3.8) is 0 Å². The molecule has 2 heterocycles. The molecule has 1 aromatic carbocycles. The number of amides is 1. The van der Waals surface area contributed by atoms with E-state index in [1.165, 1.54) is 0 Å². The monoisotopic (exact) mass is 288 g/mol. The highest BCUT2D eigenvalue weighted by molar-refractivity contribution is 5.78. The van der Waals surface area contributed by atoms with E-state index in [1.54, 1.807) is 4.90 Å². The standard InChI is InChI=1S/C14H16N4O3/c19-13(8-12-15-14(20)17-16-12)18-6-7-21-11(9-18)10-4-2-1-3-5-10/h1-5,11H,6-9H2,(H2,15,16,17,20)/t11-/m0/s1. The number of morpholine rings is 1. The first-order chi connectivity index (χ1) is 10.2. The summed E-state index contributed by atoms with van der Waals surface area (Å²) in [5.41, 5.74) is 0.658. The highest BCUT2D eigenvalue weighted by Gasteiger charge is 2.25. The second kappa shape index (κ2) is 5.92. The second-order valence-electron chi connectivity index (χ2n) is 4.91. The maximum Gasteiger partial charge on any atom is 0.340 e. The van der Waals surface area contributed by atoms with Crippen molar-refractivity contribution in [1.82, 2.24) is 20.1 Å². The van der Waals surface area contributed by atoms with Crippen LogP contribution in [0.2, 0.25) is 0 Å². The maximum atomic E-state index is 12.2. The lowest BCUT2D eigenvalue weighted by molar-refractivity contribution is -0.138. The third-order valence-electron chi connectivity index (χ3n) is 3.46. The molecule has 21 heavy (non-hydrogen) atoms. The molecule has 0 saturated carbocycles. The largest absolute Gasteiger partial charge is 0.370 e. The number of ether oxygens (including phenoxy) is 1. The number of benzene rings is 1. The average Bonchev–Trinajstić information content (AvgIpc) is 2.93. The summed E-state index contributed by atoms with van der Waals surface area (Å²) in [6.45, 7) is 1.57. The lowest BCUT2D eigenvalue weighted by atomic mass is 10.1. The van der Waals surface area contributed by atoms with Crippen LogP contribution in [0.1, 0.15) is 17.5 Å². The summed E-state index contributed by atoms with van der Waals surface area (Å²) in [6.07, 6.45) is -0.0256. The summed E-state index contributed by atoms with van der Waals surface area (Å²) in [5, 5.41) is 6.01. The van der Waals surface area contributed by atoms with Gasteiger partial charge in [-0.25, -0.2) is 9.89 Å². The molecule has 1 atom stereocenters. The van der Waals surface area contributed by atoms with E-state index < -0.39 is 5.69 Å². The van der Waals surface area contributed by atoms with Crippen molar-refractivity contribution in [3.05, 3.63) is 52.2 Å².